The molecular weight excluding hydrogens is 755 g/mol. The van der Waals surface area contributed by atoms with Crippen LogP contribution in [0.25, 0.3) is 0 Å². The molecule has 0 spiro atoms. The molecule has 0 saturated carbocycles. The molecule has 0 aliphatic rings. The highest BCUT2D eigenvalue weighted by atomic mass is 16.5. The van der Waals surface area contributed by atoms with Gasteiger partial charge in [0.15, 0.2) is 0 Å². The Morgan fingerprint density at radius 1 is 0.443 bits per heavy atom. The number of hydrogen-bond donors (Lipinski definition) is 3. The third-order valence-corrected chi connectivity index (χ3v) is 12.5. The van der Waals surface area contributed by atoms with Gasteiger partial charge in [-0.3, -0.25) is 9.59 Å². The normalized spacial score (nSPS) is 12.8. The van der Waals surface area contributed by atoms with Gasteiger partial charge in [-0.15, -0.1) is 0 Å². The molecule has 2 atom stereocenters. The maximum absolute atomic E-state index is 12.4. The molecule has 0 aliphatic carbocycles. The SMILES string of the molecule is CCCCCC/C=C\CCCCCCCC(=O)OCCCCCCCCCCCCCCCCCCCCCCC(=O)NC(CO)C(O)/C=C/CCCCCCCCCCC. The van der Waals surface area contributed by atoms with Crippen molar-refractivity contribution in [3.8, 4) is 0 Å². The fraction of sp³-hybridized carbons (Fsp3) is 0.891. The summed E-state index contributed by atoms with van der Waals surface area (Å²) in [4.78, 5) is 24.4. The van der Waals surface area contributed by atoms with Gasteiger partial charge in [-0.05, 0) is 57.8 Å². The first-order chi connectivity index (χ1) is 30.0. The van der Waals surface area contributed by atoms with Crippen molar-refractivity contribution in [1.29, 1.82) is 0 Å². The van der Waals surface area contributed by atoms with Crippen molar-refractivity contribution < 1.29 is 24.5 Å². The highest BCUT2D eigenvalue weighted by Gasteiger charge is 2.18. The van der Waals surface area contributed by atoms with Gasteiger partial charge in [0.2, 0.25) is 5.91 Å². The number of hydrogen-bond acceptors (Lipinski definition) is 5. The predicted molar refractivity (Wildman–Crippen MR) is 264 cm³/mol. The Bertz CT molecular complexity index is 951. The van der Waals surface area contributed by atoms with E-state index in [4.69, 9.17) is 4.74 Å². The zero-order chi connectivity index (χ0) is 44.4. The molecule has 0 radical (unpaired) electrons. The molecule has 0 bridgehead atoms. The lowest BCUT2D eigenvalue weighted by Crippen LogP contribution is -2.45. The van der Waals surface area contributed by atoms with Gasteiger partial charge in [0, 0.05) is 12.8 Å². The molecule has 6 nitrogen and oxygen atoms in total. The van der Waals surface area contributed by atoms with Gasteiger partial charge in [-0.25, -0.2) is 0 Å². The van der Waals surface area contributed by atoms with E-state index in [1.54, 1.807) is 6.08 Å². The third kappa shape index (κ3) is 47.7. The zero-order valence-electron chi connectivity index (χ0n) is 40.9. The van der Waals surface area contributed by atoms with Crippen LogP contribution in [0, 0.1) is 0 Å². The van der Waals surface area contributed by atoms with Crippen molar-refractivity contribution in [2.45, 2.75) is 302 Å². The first-order valence-corrected chi connectivity index (χ1v) is 27.1. The Kier molecular flexibility index (Phi) is 49.6. The fourth-order valence-corrected chi connectivity index (χ4v) is 8.27. The summed E-state index contributed by atoms with van der Waals surface area (Å²) in [5, 5.41) is 23.0. The second kappa shape index (κ2) is 51.0. The van der Waals surface area contributed by atoms with Gasteiger partial charge >= 0.3 is 5.97 Å². The second-order valence-electron chi connectivity index (χ2n) is 18.6. The van der Waals surface area contributed by atoms with Crippen molar-refractivity contribution >= 4 is 11.9 Å². The fourth-order valence-electron chi connectivity index (χ4n) is 8.27. The molecule has 3 N–H and O–H groups in total. The lowest BCUT2D eigenvalue weighted by Gasteiger charge is -2.20. The molecule has 0 aromatic carbocycles. The van der Waals surface area contributed by atoms with Crippen LogP contribution in [0.4, 0.5) is 0 Å². The summed E-state index contributed by atoms with van der Waals surface area (Å²) in [6.45, 7) is 4.87. The monoisotopic (exact) mass is 860 g/mol. The van der Waals surface area contributed by atoms with Crippen molar-refractivity contribution in [2.24, 2.45) is 0 Å². The molecule has 0 aromatic heterocycles. The minimum atomic E-state index is -0.844. The highest BCUT2D eigenvalue weighted by Crippen LogP contribution is 2.16. The number of unbranched alkanes of at least 4 members (excludes halogenated alkanes) is 37. The van der Waals surface area contributed by atoms with E-state index in [0.29, 0.717) is 19.4 Å². The number of aliphatic hydroxyl groups is 2. The maximum Gasteiger partial charge on any atom is 0.305 e. The molecule has 1 amide bonds. The summed E-state index contributed by atoms with van der Waals surface area (Å²) in [6, 6.07) is -0.627. The van der Waals surface area contributed by atoms with Gasteiger partial charge < -0.3 is 20.3 Å². The molecule has 61 heavy (non-hydrogen) atoms. The van der Waals surface area contributed by atoms with Gasteiger partial charge in [0.05, 0.1) is 25.4 Å². The van der Waals surface area contributed by atoms with Crippen LogP contribution in [0.1, 0.15) is 290 Å². The van der Waals surface area contributed by atoms with E-state index in [0.717, 1.165) is 44.9 Å². The molecule has 0 heterocycles. The number of ether oxygens (including phenoxy) is 1. The van der Waals surface area contributed by atoms with Gasteiger partial charge in [-0.1, -0.05) is 244 Å². The standard InChI is InChI=1S/C55H105NO5/c1-3-5-7-9-11-13-15-24-29-33-37-41-45-49-55(60)61-50-46-42-38-34-30-26-23-21-19-17-16-18-20-22-25-28-32-36-40-44-48-54(59)56-52(51-57)53(58)47-43-39-35-31-27-14-12-10-8-6-4-2/h13,15,43,47,52-53,57-58H,3-12,14,16-42,44-46,48-51H2,1-2H3,(H,56,59)/b15-13-,47-43+. The molecule has 0 saturated heterocycles. The second-order valence-corrected chi connectivity index (χ2v) is 18.6. The lowest BCUT2D eigenvalue weighted by atomic mass is 10.0. The minimum absolute atomic E-state index is 0.000337. The highest BCUT2D eigenvalue weighted by molar-refractivity contribution is 5.76. The average Bonchev–Trinajstić information content (AvgIpc) is 3.26. The molecule has 0 aliphatic heterocycles. The molecule has 360 valence electrons. The van der Waals surface area contributed by atoms with Crippen LogP contribution in [0.15, 0.2) is 24.3 Å². The zero-order valence-corrected chi connectivity index (χ0v) is 40.9. The number of rotatable bonds is 50. The largest absolute Gasteiger partial charge is 0.466 e. The van der Waals surface area contributed by atoms with Crippen LogP contribution in [0.3, 0.4) is 0 Å². The Hall–Kier alpha value is -1.66. The summed E-state index contributed by atoms with van der Waals surface area (Å²) in [5.74, 6) is -0.0708. The number of carbonyl (C=O) groups excluding carboxylic acids is 2. The van der Waals surface area contributed by atoms with E-state index in [1.807, 2.05) is 6.08 Å². The van der Waals surface area contributed by atoms with Gasteiger partial charge in [0.25, 0.3) is 0 Å². The van der Waals surface area contributed by atoms with Crippen molar-refractivity contribution in [2.75, 3.05) is 13.2 Å². The van der Waals surface area contributed by atoms with Crippen LogP contribution < -0.4 is 5.32 Å². The van der Waals surface area contributed by atoms with Crippen molar-refractivity contribution in [3.05, 3.63) is 24.3 Å². The summed E-state index contributed by atoms with van der Waals surface area (Å²) in [5.41, 5.74) is 0. The van der Waals surface area contributed by atoms with E-state index in [2.05, 4.69) is 31.3 Å². The van der Waals surface area contributed by atoms with Crippen LogP contribution in [0.5, 0.6) is 0 Å². The Morgan fingerprint density at radius 2 is 0.770 bits per heavy atom. The lowest BCUT2D eigenvalue weighted by molar-refractivity contribution is -0.143. The topological polar surface area (TPSA) is 95.9 Å². The van der Waals surface area contributed by atoms with Gasteiger partial charge in [0.1, 0.15) is 0 Å². The molecule has 0 aromatic rings. The number of amides is 1. The third-order valence-electron chi connectivity index (χ3n) is 12.5. The van der Waals surface area contributed by atoms with Gasteiger partial charge in [-0.2, -0.15) is 0 Å². The van der Waals surface area contributed by atoms with Crippen molar-refractivity contribution in [1.82, 2.24) is 5.32 Å². The number of carbonyl (C=O) groups is 2. The number of aliphatic hydroxyl groups excluding tert-OH is 2. The molecule has 0 fully saturated rings. The average molecular weight is 860 g/mol. The first-order valence-electron chi connectivity index (χ1n) is 27.1. The Balaban J connectivity index is 3.40. The quantitative estimate of drug-likeness (QED) is 0.0322. The first kappa shape index (κ1) is 59.3. The van der Waals surface area contributed by atoms with Crippen LogP contribution >= 0.6 is 0 Å². The number of allylic oxidation sites excluding steroid dienone is 3. The van der Waals surface area contributed by atoms with E-state index in [-0.39, 0.29) is 18.5 Å². The number of nitrogens with one attached hydrogen (secondary N) is 1. The molecule has 6 heteroatoms. The van der Waals surface area contributed by atoms with Crippen LogP contribution in [-0.4, -0.2) is 47.4 Å². The van der Waals surface area contributed by atoms with E-state index in [1.165, 1.54) is 218 Å². The van der Waals surface area contributed by atoms with E-state index >= 15 is 0 Å². The summed E-state index contributed by atoms with van der Waals surface area (Å²) in [6.07, 6.45) is 60.5. The predicted octanol–water partition coefficient (Wildman–Crippen LogP) is 16.3. The smallest absolute Gasteiger partial charge is 0.305 e. The summed E-state index contributed by atoms with van der Waals surface area (Å²) in [7, 11) is 0. The molecule has 0 rings (SSSR count). The van der Waals surface area contributed by atoms with E-state index < -0.39 is 12.1 Å². The van der Waals surface area contributed by atoms with Crippen LogP contribution in [-0.2, 0) is 14.3 Å². The Morgan fingerprint density at radius 3 is 1.18 bits per heavy atom. The summed E-state index contributed by atoms with van der Waals surface area (Å²) < 4.78 is 5.46. The van der Waals surface area contributed by atoms with E-state index in [9.17, 15) is 19.8 Å². The molecule has 2 unspecified atom stereocenters. The van der Waals surface area contributed by atoms with Crippen LogP contribution in [0.2, 0.25) is 0 Å². The van der Waals surface area contributed by atoms with Crippen molar-refractivity contribution in [3.63, 3.8) is 0 Å². The Labute approximate surface area is 380 Å². The minimum Gasteiger partial charge on any atom is -0.466 e. The molecular formula is C55H105NO5. The number of esters is 1. The maximum atomic E-state index is 12.4. The summed E-state index contributed by atoms with van der Waals surface area (Å²) >= 11 is 0.